The first-order chi connectivity index (χ1) is 7.41. The minimum atomic E-state index is -1.50. The first-order valence-electron chi connectivity index (χ1n) is 4.96. The minimum absolute atomic E-state index is 0.116. The van der Waals surface area contributed by atoms with Gasteiger partial charge in [-0.1, -0.05) is 48.0 Å². The highest BCUT2D eigenvalue weighted by Crippen LogP contribution is 2.47. The van der Waals surface area contributed by atoms with Crippen LogP contribution >= 0.6 is 34.8 Å². The van der Waals surface area contributed by atoms with E-state index >= 15 is 0 Å². The quantitative estimate of drug-likeness (QED) is 0.770. The van der Waals surface area contributed by atoms with Crippen molar-refractivity contribution in [1.82, 2.24) is 0 Å². The standard InChI is InChI=1S/C12H11Cl3O/c13-11(14)7-6-10(12(15,16)8-11)9-4-2-1-3-5-9/h1-6,16H,7-8H2. The summed E-state index contributed by atoms with van der Waals surface area (Å²) in [7, 11) is 0. The van der Waals surface area contributed by atoms with Gasteiger partial charge in [0, 0.05) is 12.0 Å². The lowest BCUT2D eigenvalue weighted by Crippen LogP contribution is -2.35. The van der Waals surface area contributed by atoms with E-state index in [1.807, 2.05) is 30.3 Å². The van der Waals surface area contributed by atoms with E-state index in [4.69, 9.17) is 34.8 Å². The number of allylic oxidation sites excluding steroid dienone is 1. The Morgan fingerprint density at radius 1 is 1.06 bits per heavy atom. The van der Waals surface area contributed by atoms with Crippen LogP contribution in [0.2, 0.25) is 0 Å². The number of benzene rings is 1. The Balaban J connectivity index is 2.39. The predicted octanol–water partition coefficient (Wildman–Crippen LogP) is 3.97. The van der Waals surface area contributed by atoms with Crippen molar-refractivity contribution in [3.8, 4) is 0 Å². The number of aliphatic hydroxyl groups is 1. The third-order valence-corrected chi connectivity index (χ3v) is 3.51. The maximum absolute atomic E-state index is 10.2. The molecular formula is C12H11Cl3O. The molecule has 86 valence electrons. The lowest BCUT2D eigenvalue weighted by atomic mass is 9.90. The number of hydrogen-bond acceptors (Lipinski definition) is 1. The molecule has 0 radical (unpaired) electrons. The molecule has 1 nitrogen and oxygen atoms in total. The Hall–Kier alpha value is -0.210. The maximum atomic E-state index is 10.2. The van der Waals surface area contributed by atoms with Crippen LogP contribution in [0.15, 0.2) is 36.4 Å². The Morgan fingerprint density at radius 3 is 2.25 bits per heavy atom. The minimum Gasteiger partial charge on any atom is -0.371 e. The van der Waals surface area contributed by atoms with E-state index in [0.29, 0.717) is 12.0 Å². The molecule has 1 unspecified atom stereocenters. The third kappa shape index (κ3) is 2.54. The summed E-state index contributed by atoms with van der Waals surface area (Å²) in [6.07, 6.45) is 2.40. The van der Waals surface area contributed by atoms with Gasteiger partial charge in [-0.2, -0.15) is 0 Å². The molecule has 1 aromatic carbocycles. The van der Waals surface area contributed by atoms with Gasteiger partial charge in [-0.25, -0.2) is 0 Å². The summed E-state index contributed by atoms with van der Waals surface area (Å²) in [4.78, 5) is 0. The zero-order chi connectivity index (χ0) is 11.8. The van der Waals surface area contributed by atoms with Crippen molar-refractivity contribution in [2.45, 2.75) is 22.2 Å². The molecule has 4 heteroatoms. The lowest BCUT2D eigenvalue weighted by Gasteiger charge is -2.34. The van der Waals surface area contributed by atoms with E-state index in [0.717, 1.165) is 5.56 Å². The zero-order valence-electron chi connectivity index (χ0n) is 8.46. The van der Waals surface area contributed by atoms with Crippen LogP contribution in [0.4, 0.5) is 0 Å². The molecule has 1 aliphatic carbocycles. The van der Waals surface area contributed by atoms with Gasteiger partial charge in [0.25, 0.3) is 0 Å². The van der Waals surface area contributed by atoms with Gasteiger partial charge < -0.3 is 5.11 Å². The highest BCUT2D eigenvalue weighted by molar-refractivity contribution is 6.49. The van der Waals surface area contributed by atoms with E-state index in [1.54, 1.807) is 6.08 Å². The fourth-order valence-corrected chi connectivity index (χ4v) is 2.97. The summed E-state index contributed by atoms with van der Waals surface area (Å²) in [5, 5.41) is 8.65. The molecule has 1 aliphatic rings. The van der Waals surface area contributed by atoms with Crippen LogP contribution < -0.4 is 0 Å². The fourth-order valence-electron chi connectivity index (χ4n) is 1.87. The maximum Gasteiger partial charge on any atom is 0.167 e. The van der Waals surface area contributed by atoms with Crippen molar-refractivity contribution in [3.05, 3.63) is 42.0 Å². The van der Waals surface area contributed by atoms with E-state index in [2.05, 4.69) is 0 Å². The molecular weight excluding hydrogens is 266 g/mol. The van der Waals surface area contributed by atoms with Gasteiger partial charge >= 0.3 is 0 Å². The Kier molecular flexibility index (Phi) is 3.24. The Labute approximate surface area is 110 Å². The summed E-state index contributed by atoms with van der Waals surface area (Å²) in [5.41, 5.74) is 1.57. The monoisotopic (exact) mass is 276 g/mol. The largest absolute Gasteiger partial charge is 0.371 e. The van der Waals surface area contributed by atoms with Crippen LogP contribution in [0.25, 0.3) is 5.57 Å². The third-order valence-electron chi connectivity index (χ3n) is 2.60. The van der Waals surface area contributed by atoms with Gasteiger partial charge in [-0.15, -0.1) is 23.2 Å². The molecule has 0 aliphatic heterocycles. The molecule has 0 aromatic heterocycles. The summed E-state index contributed by atoms with van der Waals surface area (Å²) < 4.78 is -0.991. The second-order valence-corrected chi connectivity index (χ2v) is 6.25. The average molecular weight is 278 g/mol. The van der Waals surface area contributed by atoms with Gasteiger partial charge in [-0.3, -0.25) is 0 Å². The summed E-state index contributed by atoms with van der Waals surface area (Å²) >= 11 is 18.0. The van der Waals surface area contributed by atoms with Crippen molar-refractivity contribution in [3.63, 3.8) is 0 Å². The van der Waals surface area contributed by atoms with Crippen LogP contribution in [0.3, 0.4) is 0 Å². The SMILES string of the molecule is OC1(Cl)CC(Cl)(Cl)CC=C1c1ccccc1. The van der Waals surface area contributed by atoms with E-state index < -0.39 is 9.39 Å². The van der Waals surface area contributed by atoms with Crippen molar-refractivity contribution >= 4 is 40.4 Å². The van der Waals surface area contributed by atoms with Crippen LogP contribution in [-0.2, 0) is 0 Å². The molecule has 0 amide bonds. The Morgan fingerprint density at radius 2 is 1.69 bits per heavy atom. The van der Waals surface area contributed by atoms with Gasteiger partial charge in [0.2, 0.25) is 0 Å². The highest BCUT2D eigenvalue weighted by atomic mass is 35.5. The molecule has 1 aromatic rings. The second-order valence-electron chi connectivity index (χ2n) is 3.98. The second kappa shape index (κ2) is 4.23. The first kappa shape index (κ1) is 12.3. The van der Waals surface area contributed by atoms with E-state index in [-0.39, 0.29) is 6.42 Å². The normalized spacial score (nSPS) is 28.6. The summed E-state index contributed by atoms with van der Waals surface area (Å²) in [6, 6.07) is 9.50. The molecule has 0 heterocycles. The molecule has 2 rings (SSSR count). The molecule has 0 fully saturated rings. The zero-order valence-corrected chi connectivity index (χ0v) is 10.7. The van der Waals surface area contributed by atoms with Gasteiger partial charge in [-0.05, 0) is 12.0 Å². The molecule has 0 bridgehead atoms. The molecule has 0 saturated carbocycles. The molecule has 1 atom stereocenters. The Bertz CT molecular complexity index is 410. The molecule has 0 saturated heterocycles. The van der Waals surface area contributed by atoms with Crippen LogP contribution in [-0.4, -0.2) is 14.5 Å². The van der Waals surface area contributed by atoms with Crippen molar-refractivity contribution < 1.29 is 5.11 Å². The van der Waals surface area contributed by atoms with Crippen LogP contribution in [0, 0.1) is 0 Å². The van der Waals surface area contributed by atoms with Crippen molar-refractivity contribution in [2.75, 3.05) is 0 Å². The summed E-state index contributed by atoms with van der Waals surface area (Å²) in [5.74, 6) is 0. The van der Waals surface area contributed by atoms with Crippen LogP contribution in [0.5, 0.6) is 0 Å². The van der Waals surface area contributed by atoms with Gasteiger partial charge in [0.1, 0.15) is 4.33 Å². The number of halogens is 3. The smallest absolute Gasteiger partial charge is 0.167 e. The van der Waals surface area contributed by atoms with Gasteiger partial charge in [0.05, 0.1) is 0 Å². The first-order valence-corrected chi connectivity index (χ1v) is 6.09. The molecule has 1 N–H and O–H groups in total. The predicted molar refractivity (Wildman–Crippen MR) is 68.9 cm³/mol. The van der Waals surface area contributed by atoms with Gasteiger partial charge in [0.15, 0.2) is 5.06 Å². The summed E-state index contributed by atoms with van der Waals surface area (Å²) in [6.45, 7) is 0. The average Bonchev–Trinajstić information content (AvgIpc) is 2.16. The topological polar surface area (TPSA) is 20.2 Å². The van der Waals surface area contributed by atoms with Crippen molar-refractivity contribution in [2.24, 2.45) is 0 Å². The lowest BCUT2D eigenvalue weighted by molar-refractivity contribution is 0.168. The highest BCUT2D eigenvalue weighted by Gasteiger charge is 2.42. The van der Waals surface area contributed by atoms with Crippen LogP contribution in [0.1, 0.15) is 18.4 Å². The van der Waals surface area contributed by atoms with Crippen molar-refractivity contribution in [1.29, 1.82) is 0 Å². The fraction of sp³-hybridized carbons (Fsp3) is 0.333. The number of hydrogen-bond donors (Lipinski definition) is 1. The molecule has 0 spiro atoms. The molecule has 16 heavy (non-hydrogen) atoms. The van der Waals surface area contributed by atoms with E-state index in [9.17, 15) is 5.11 Å². The van der Waals surface area contributed by atoms with E-state index in [1.165, 1.54) is 0 Å². The number of rotatable bonds is 1. The number of alkyl halides is 3.